The van der Waals surface area contributed by atoms with Crippen LogP contribution < -0.4 is 15.8 Å². The Kier molecular flexibility index (Phi) is 4.92. The quantitative estimate of drug-likeness (QED) is 0.382. The Labute approximate surface area is 127 Å². The fourth-order valence-corrected chi connectivity index (χ4v) is 1.76. The van der Waals surface area contributed by atoms with E-state index < -0.39 is 4.92 Å². The summed E-state index contributed by atoms with van der Waals surface area (Å²) in [5.41, 5.74) is 7.49. The maximum absolute atomic E-state index is 10.6. The number of anilines is 1. The number of non-ortho nitro benzene ring substituents is 1. The Balaban J connectivity index is 1.95. The van der Waals surface area contributed by atoms with Crippen LogP contribution in [0.1, 0.15) is 5.56 Å². The summed E-state index contributed by atoms with van der Waals surface area (Å²) in [6, 6.07) is 13.5. The number of nitro groups is 1. The number of rotatable bonds is 5. The third kappa shape index (κ3) is 4.20. The number of methoxy groups -OCH3 is 1. The van der Waals surface area contributed by atoms with Gasteiger partial charge < -0.3 is 15.8 Å². The SMILES string of the molecule is COc1ccc(NC(N)=NCc2ccc([N+](=O)[O-])cc2)cc1. The van der Waals surface area contributed by atoms with E-state index >= 15 is 0 Å². The average molecular weight is 300 g/mol. The van der Waals surface area contributed by atoms with E-state index in [1.165, 1.54) is 12.1 Å². The van der Waals surface area contributed by atoms with Crippen molar-refractivity contribution in [2.75, 3.05) is 12.4 Å². The van der Waals surface area contributed by atoms with Crippen LogP contribution in [0.25, 0.3) is 0 Å². The lowest BCUT2D eigenvalue weighted by molar-refractivity contribution is -0.384. The van der Waals surface area contributed by atoms with E-state index in [2.05, 4.69) is 10.3 Å². The summed E-state index contributed by atoms with van der Waals surface area (Å²) < 4.78 is 5.07. The minimum absolute atomic E-state index is 0.0528. The van der Waals surface area contributed by atoms with E-state index in [9.17, 15) is 10.1 Å². The molecule has 0 spiro atoms. The fourth-order valence-electron chi connectivity index (χ4n) is 1.76. The number of benzene rings is 2. The van der Waals surface area contributed by atoms with E-state index in [1.54, 1.807) is 19.2 Å². The monoisotopic (exact) mass is 300 g/mol. The van der Waals surface area contributed by atoms with E-state index in [0.717, 1.165) is 17.0 Å². The molecule has 0 bridgehead atoms. The minimum atomic E-state index is -0.438. The molecule has 0 amide bonds. The molecule has 2 aromatic carbocycles. The molecule has 0 atom stereocenters. The van der Waals surface area contributed by atoms with E-state index in [-0.39, 0.29) is 11.6 Å². The Morgan fingerprint density at radius 3 is 2.41 bits per heavy atom. The molecule has 0 aliphatic carbocycles. The van der Waals surface area contributed by atoms with E-state index in [4.69, 9.17) is 10.5 Å². The molecule has 0 fully saturated rings. The second-order valence-electron chi connectivity index (χ2n) is 4.48. The number of nitrogens with zero attached hydrogens (tertiary/aromatic N) is 2. The van der Waals surface area contributed by atoms with Crippen molar-refractivity contribution in [3.8, 4) is 5.75 Å². The first-order valence-corrected chi connectivity index (χ1v) is 6.53. The van der Waals surface area contributed by atoms with Crippen LogP contribution in [0.4, 0.5) is 11.4 Å². The molecule has 0 saturated heterocycles. The molecular weight excluding hydrogens is 284 g/mol. The van der Waals surface area contributed by atoms with Gasteiger partial charge in [-0.25, -0.2) is 4.99 Å². The number of ether oxygens (including phenoxy) is 1. The van der Waals surface area contributed by atoms with Gasteiger partial charge in [-0.2, -0.15) is 0 Å². The Hall–Kier alpha value is -3.09. The summed E-state index contributed by atoms with van der Waals surface area (Å²) in [6.45, 7) is 0.340. The summed E-state index contributed by atoms with van der Waals surface area (Å²) in [7, 11) is 1.60. The van der Waals surface area contributed by atoms with Crippen LogP contribution in [0.2, 0.25) is 0 Å². The molecule has 22 heavy (non-hydrogen) atoms. The van der Waals surface area contributed by atoms with Gasteiger partial charge in [0, 0.05) is 17.8 Å². The summed E-state index contributed by atoms with van der Waals surface area (Å²) in [4.78, 5) is 14.3. The summed E-state index contributed by atoms with van der Waals surface area (Å²) in [5, 5.41) is 13.5. The topological polar surface area (TPSA) is 103 Å². The first kappa shape index (κ1) is 15.3. The smallest absolute Gasteiger partial charge is 0.269 e. The number of hydrogen-bond acceptors (Lipinski definition) is 4. The van der Waals surface area contributed by atoms with Crippen molar-refractivity contribution in [3.63, 3.8) is 0 Å². The third-order valence-electron chi connectivity index (χ3n) is 2.94. The molecule has 114 valence electrons. The maximum atomic E-state index is 10.6. The molecule has 7 nitrogen and oxygen atoms in total. The molecule has 0 saturated carbocycles. The molecule has 0 radical (unpaired) electrons. The van der Waals surface area contributed by atoms with Crippen molar-refractivity contribution in [2.24, 2.45) is 10.7 Å². The van der Waals surface area contributed by atoms with E-state index in [0.29, 0.717) is 6.54 Å². The van der Waals surface area contributed by atoms with Crippen molar-refractivity contribution >= 4 is 17.3 Å². The number of guanidine groups is 1. The Morgan fingerprint density at radius 2 is 1.86 bits per heavy atom. The predicted molar refractivity (Wildman–Crippen MR) is 85.0 cm³/mol. The largest absolute Gasteiger partial charge is 0.497 e. The normalized spacial score (nSPS) is 11.0. The maximum Gasteiger partial charge on any atom is 0.269 e. The van der Waals surface area contributed by atoms with Gasteiger partial charge in [-0.1, -0.05) is 12.1 Å². The Morgan fingerprint density at radius 1 is 1.23 bits per heavy atom. The average Bonchev–Trinajstić information content (AvgIpc) is 2.54. The predicted octanol–water partition coefficient (Wildman–Crippen LogP) is 2.53. The van der Waals surface area contributed by atoms with Gasteiger partial charge in [0.2, 0.25) is 0 Å². The lowest BCUT2D eigenvalue weighted by atomic mass is 10.2. The van der Waals surface area contributed by atoms with Gasteiger partial charge in [-0.15, -0.1) is 0 Å². The van der Waals surface area contributed by atoms with Crippen LogP contribution in [-0.4, -0.2) is 18.0 Å². The van der Waals surface area contributed by atoms with Crippen molar-refractivity contribution in [1.82, 2.24) is 0 Å². The van der Waals surface area contributed by atoms with E-state index in [1.807, 2.05) is 24.3 Å². The van der Waals surface area contributed by atoms with Crippen LogP contribution in [-0.2, 0) is 6.54 Å². The summed E-state index contributed by atoms with van der Waals surface area (Å²) >= 11 is 0. The fraction of sp³-hybridized carbons (Fsp3) is 0.133. The van der Waals surface area contributed by atoms with Crippen LogP contribution in [0.15, 0.2) is 53.5 Å². The van der Waals surface area contributed by atoms with Crippen molar-refractivity contribution < 1.29 is 9.66 Å². The molecule has 7 heteroatoms. The molecule has 0 heterocycles. The minimum Gasteiger partial charge on any atom is -0.497 e. The molecular formula is C15H16N4O3. The van der Waals surface area contributed by atoms with Crippen LogP contribution >= 0.6 is 0 Å². The summed E-state index contributed by atoms with van der Waals surface area (Å²) in [6.07, 6.45) is 0. The van der Waals surface area contributed by atoms with Gasteiger partial charge in [-0.05, 0) is 29.8 Å². The van der Waals surface area contributed by atoms with Gasteiger partial charge in [0.1, 0.15) is 5.75 Å². The van der Waals surface area contributed by atoms with Crippen molar-refractivity contribution in [1.29, 1.82) is 0 Å². The van der Waals surface area contributed by atoms with Gasteiger partial charge in [0.05, 0.1) is 18.6 Å². The number of nitrogens with two attached hydrogens (primary N) is 1. The second-order valence-corrected chi connectivity index (χ2v) is 4.48. The highest BCUT2D eigenvalue weighted by Crippen LogP contribution is 2.15. The first-order valence-electron chi connectivity index (χ1n) is 6.53. The van der Waals surface area contributed by atoms with Gasteiger partial charge in [0.15, 0.2) is 5.96 Å². The zero-order valence-electron chi connectivity index (χ0n) is 12.0. The molecule has 0 unspecified atom stereocenters. The number of nitrogens with one attached hydrogen (secondary N) is 1. The van der Waals surface area contributed by atoms with Gasteiger partial charge in [0.25, 0.3) is 5.69 Å². The zero-order valence-corrected chi connectivity index (χ0v) is 12.0. The zero-order chi connectivity index (χ0) is 15.9. The molecule has 2 rings (SSSR count). The molecule has 3 N–H and O–H groups in total. The molecule has 0 aliphatic heterocycles. The van der Waals surface area contributed by atoms with Crippen LogP contribution in [0.5, 0.6) is 5.75 Å². The van der Waals surface area contributed by atoms with Crippen molar-refractivity contribution in [3.05, 3.63) is 64.2 Å². The molecule has 2 aromatic rings. The van der Waals surface area contributed by atoms with Crippen LogP contribution in [0, 0.1) is 10.1 Å². The highest BCUT2D eigenvalue weighted by atomic mass is 16.6. The Bertz CT molecular complexity index is 666. The lowest BCUT2D eigenvalue weighted by Crippen LogP contribution is -2.22. The van der Waals surface area contributed by atoms with Gasteiger partial charge in [-0.3, -0.25) is 10.1 Å². The number of aliphatic imine (C=N–C) groups is 1. The molecule has 0 aromatic heterocycles. The number of hydrogen-bond donors (Lipinski definition) is 2. The standard InChI is InChI=1S/C15H16N4O3/c1-22-14-8-4-12(5-9-14)18-15(16)17-10-11-2-6-13(7-3-11)19(20)21/h2-9H,10H2,1H3,(H3,16,17,18). The number of nitro benzene ring substituents is 1. The lowest BCUT2D eigenvalue weighted by Gasteiger charge is -2.06. The molecule has 0 aliphatic rings. The van der Waals surface area contributed by atoms with Crippen molar-refractivity contribution in [2.45, 2.75) is 6.54 Å². The summed E-state index contributed by atoms with van der Waals surface area (Å²) in [5.74, 6) is 1.02. The van der Waals surface area contributed by atoms with Crippen LogP contribution in [0.3, 0.4) is 0 Å². The third-order valence-corrected chi connectivity index (χ3v) is 2.94. The second kappa shape index (κ2) is 7.07. The highest BCUT2D eigenvalue weighted by Gasteiger charge is 2.03. The van der Waals surface area contributed by atoms with Gasteiger partial charge >= 0.3 is 0 Å². The highest BCUT2D eigenvalue weighted by molar-refractivity contribution is 5.92. The first-order chi connectivity index (χ1) is 10.6.